The van der Waals surface area contributed by atoms with Gasteiger partial charge in [0.1, 0.15) is 11.6 Å². The SMILES string of the molecule is Nc1ncc(-c2cn(C3[C@H]4CN(CC(F)(F)F)C[C@@H]34)c(C3CC3)n2)cc1C(F)(F)F. The molecule has 162 valence electrons. The molecule has 2 aliphatic carbocycles. The number of rotatable bonds is 4. The van der Waals surface area contributed by atoms with Crippen LogP contribution in [-0.4, -0.2) is 45.2 Å². The van der Waals surface area contributed by atoms with E-state index in [0.717, 1.165) is 24.7 Å². The summed E-state index contributed by atoms with van der Waals surface area (Å²) in [6, 6.07) is 1.000. The fourth-order valence-corrected chi connectivity index (χ4v) is 4.65. The number of anilines is 1. The largest absolute Gasteiger partial charge is 0.419 e. The first-order chi connectivity index (χ1) is 14.0. The van der Waals surface area contributed by atoms with Crippen molar-refractivity contribution in [1.82, 2.24) is 19.4 Å². The molecule has 2 saturated carbocycles. The fraction of sp³-hybridized carbons (Fsp3) is 0.579. The smallest absolute Gasteiger partial charge is 0.383 e. The number of aromatic nitrogens is 3. The predicted octanol–water partition coefficient (Wildman–Crippen LogP) is 4.09. The lowest BCUT2D eigenvalue weighted by molar-refractivity contribution is -0.144. The van der Waals surface area contributed by atoms with Crippen LogP contribution < -0.4 is 5.73 Å². The number of nitrogens with zero attached hydrogens (tertiary/aromatic N) is 4. The molecule has 2 aromatic rings. The van der Waals surface area contributed by atoms with Crippen LogP contribution in [0.4, 0.5) is 32.2 Å². The Morgan fingerprint density at radius 1 is 1.07 bits per heavy atom. The van der Waals surface area contributed by atoms with Crippen LogP contribution in [0, 0.1) is 11.8 Å². The van der Waals surface area contributed by atoms with E-state index in [2.05, 4.69) is 9.97 Å². The lowest BCUT2D eigenvalue weighted by Crippen LogP contribution is -2.34. The number of likely N-dealkylation sites (tertiary alicyclic amines) is 1. The van der Waals surface area contributed by atoms with Crippen molar-refractivity contribution in [2.75, 3.05) is 25.4 Å². The van der Waals surface area contributed by atoms with Crippen molar-refractivity contribution < 1.29 is 26.3 Å². The van der Waals surface area contributed by atoms with Gasteiger partial charge in [-0.3, -0.25) is 4.90 Å². The van der Waals surface area contributed by atoms with E-state index in [1.807, 2.05) is 4.57 Å². The van der Waals surface area contributed by atoms with Crippen molar-refractivity contribution in [2.24, 2.45) is 11.8 Å². The number of halogens is 6. The highest BCUT2D eigenvalue weighted by Crippen LogP contribution is 2.57. The molecular weight excluding hydrogens is 412 g/mol. The number of hydrogen-bond donors (Lipinski definition) is 1. The summed E-state index contributed by atoms with van der Waals surface area (Å²) >= 11 is 0. The van der Waals surface area contributed by atoms with Gasteiger partial charge < -0.3 is 10.3 Å². The third kappa shape index (κ3) is 3.52. The van der Waals surface area contributed by atoms with Gasteiger partial charge in [-0.05, 0) is 30.7 Å². The first-order valence-electron chi connectivity index (χ1n) is 9.72. The van der Waals surface area contributed by atoms with Gasteiger partial charge in [-0.25, -0.2) is 9.97 Å². The van der Waals surface area contributed by atoms with Gasteiger partial charge in [0.15, 0.2) is 0 Å². The van der Waals surface area contributed by atoms with E-state index in [4.69, 9.17) is 5.73 Å². The van der Waals surface area contributed by atoms with Gasteiger partial charge in [-0.1, -0.05) is 0 Å². The summed E-state index contributed by atoms with van der Waals surface area (Å²) in [5, 5.41) is 0. The van der Waals surface area contributed by atoms with Gasteiger partial charge in [0.05, 0.1) is 17.8 Å². The molecule has 5 rings (SSSR count). The molecule has 0 bridgehead atoms. The number of nitrogen functional groups attached to an aromatic ring is 1. The lowest BCUT2D eigenvalue weighted by atomic mass is 10.1. The Kier molecular flexibility index (Phi) is 4.16. The van der Waals surface area contributed by atoms with E-state index in [9.17, 15) is 26.3 Å². The molecule has 1 saturated heterocycles. The molecule has 11 heteroatoms. The maximum absolute atomic E-state index is 13.2. The van der Waals surface area contributed by atoms with Crippen molar-refractivity contribution in [3.8, 4) is 11.3 Å². The molecule has 3 fully saturated rings. The average molecular weight is 431 g/mol. The van der Waals surface area contributed by atoms with Crippen molar-refractivity contribution in [2.45, 2.75) is 37.2 Å². The molecule has 3 heterocycles. The number of pyridine rings is 1. The molecule has 1 unspecified atom stereocenters. The van der Waals surface area contributed by atoms with Crippen molar-refractivity contribution >= 4 is 5.82 Å². The second kappa shape index (κ2) is 6.35. The zero-order valence-electron chi connectivity index (χ0n) is 15.7. The number of nitrogens with two attached hydrogens (primary N) is 1. The molecule has 2 aromatic heterocycles. The third-order valence-electron chi connectivity index (χ3n) is 6.17. The molecule has 0 aromatic carbocycles. The Balaban J connectivity index is 1.41. The van der Waals surface area contributed by atoms with Crippen molar-refractivity contribution in [3.63, 3.8) is 0 Å². The Bertz CT molecular complexity index is 965. The fourth-order valence-electron chi connectivity index (χ4n) is 4.65. The van der Waals surface area contributed by atoms with Gasteiger partial charge >= 0.3 is 12.4 Å². The zero-order chi connectivity index (χ0) is 21.4. The van der Waals surface area contributed by atoms with Crippen LogP contribution in [0.3, 0.4) is 0 Å². The minimum Gasteiger partial charge on any atom is -0.383 e. The number of hydrogen-bond acceptors (Lipinski definition) is 4. The number of fused-ring (bicyclic) bond motifs is 1. The maximum Gasteiger partial charge on any atom is 0.419 e. The highest BCUT2D eigenvalue weighted by atomic mass is 19.4. The van der Waals surface area contributed by atoms with E-state index in [1.165, 1.54) is 11.1 Å². The Labute approximate surface area is 167 Å². The number of piperidine rings is 1. The Hall–Kier alpha value is -2.30. The van der Waals surface area contributed by atoms with Gasteiger partial charge in [-0.2, -0.15) is 26.3 Å². The van der Waals surface area contributed by atoms with Crippen LogP contribution in [-0.2, 0) is 6.18 Å². The van der Waals surface area contributed by atoms with Gasteiger partial charge in [0, 0.05) is 43.0 Å². The highest BCUT2D eigenvalue weighted by Gasteiger charge is 2.58. The molecule has 0 amide bonds. The molecule has 3 aliphatic rings. The minimum absolute atomic E-state index is 0.0511. The summed E-state index contributed by atoms with van der Waals surface area (Å²) in [6.07, 6.45) is -3.94. The number of alkyl halides is 6. The van der Waals surface area contributed by atoms with E-state index in [-0.39, 0.29) is 29.4 Å². The molecule has 0 radical (unpaired) electrons. The molecule has 5 nitrogen and oxygen atoms in total. The Morgan fingerprint density at radius 3 is 2.30 bits per heavy atom. The van der Waals surface area contributed by atoms with Crippen molar-refractivity contribution in [1.29, 1.82) is 0 Å². The quantitative estimate of drug-likeness (QED) is 0.741. The van der Waals surface area contributed by atoms with E-state index in [1.54, 1.807) is 6.20 Å². The van der Waals surface area contributed by atoms with Crippen LogP contribution in [0.1, 0.15) is 36.2 Å². The molecule has 1 aliphatic heterocycles. The first-order valence-corrected chi connectivity index (χ1v) is 9.72. The molecular formula is C19H19F6N5. The van der Waals surface area contributed by atoms with E-state index >= 15 is 0 Å². The van der Waals surface area contributed by atoms with Crippen LogP contribution >= 0.6 is 0 Å². The average Bonchev–Trinajstić information content (AvgIpc) is 3.49. The van der Waals surface area contributed by atoms with E-state index < -0.39 is 30.3 Å². The van der Waals surface area contributed by atoms with Crippen LogP contribution in [0.2, 0.25) is 0 Å². The highest BCUT2D eigenvalue weighted by molar-refractivity contribution is 5.62. The Morgan fingerprint density at radius 2 is 1.73 bits per heavy atom. The molecule has 3 atom stereocenters. The predicted molar refractivity (Wildman–Crippen MR) is 95.4 cm³/mol. The maximum atomic E-state index is 13.2. The normalized spacial score (nSPS) is 26.8. The molecule has 30 heavy (non-hydrogen) atoms. The zero-order valence-corrected chi connectivity index (χ0v) is 15.7. The second-order valence-corrected chi connectivity index (χ2v) is 8.45. The molecule has 2 N–H and O–H groups in total. The van der Waals surface area contributed by atoms with Crippen LogP contribution in [0.15, 0.2) is 18.5 Å². The summed E-state index contributed by atoms with van der Waals surface area (Å²) in [6.45, 7) is -0.170. The lowest BCUT2D eigenvalue weighted by Gasteiger charge is -2.21. The summed E-state index contributed by atoms with van der Waals surface area (Å²) in [4.78, 5) is 9.68. The van der Waals surface area contributed by atoms with Crippen LogP contribution in [0.25, 0.3) is 11.3 Å². The van der Waals surface area contributed by atoms with Gasteiger partial charge in [-0.15, -0.1) is 0 Å². The third-order valence-corrected chi connectivity index (χ3v) is 6.17. The van der Waals surface area contributed by atoms with E-state index in [0.29, 0.717) is 18.8 Å². The summed E-state index contributed by atoms with van der Waals surface area (Å²) in [5.41, 5.74) is 4.98. The summed E-state index contributed by atoms with van der Waals surface area (Å²) in [5.74, 6) is 0.686. The van der Waals surface area contributed by atoms with Gasteiger partial charge in [0.25, 0.3) is 0 Å². The molecule has 0 spiro atoms. The number of imidazole rings is 1. The van der Waals surface area contributed by atoms with Crippen LogP contribution in [0.5, 0.6) is 0 Å². The van der Waals surface area contributed by atoms with Crippen molar-refractivity contribution in [3.05, 3.63) is 29.8 Å². The monoisotopic (exact) mass is 431 g/mol. The van der Waals surface area contributed by atoms with Gasteiger partial charge in [0.2, 0.25) is 0 Å². The second-order valence-electron chi connectivity index (χ2n) is 8.45. The topological polar surface area (TPSA) is 60.0 Å². The minimum atomic E-state index is -4.62. The first kappa shape index (κ1) is 19.7. The summed E-state index contributed by atoms with van der Waals surface area (Å²) < 4.78 is 79.4. The standard InChI is InChI=1S/C19H19F6N5/c20-18(21,22)8-29-5-11-12(6-29)15(11)30-7-14(28-17(30)9-1-2-9)10-3-13(19(23,24)25)16(26)27-4-10/h3-4,7,9,11-12,15H,1-2,5-6,8H2,(H2,26,27)/t11-,12+,15?. The summed E-state index contributed by atoms with van der Waals surface area (Å²) in [7, 11) is 0.